The monoisotopic (exact) mass is 321 g/mol. The molecule has 0 aliphatic rings. The third kappa shape index (κ3) is 2.76. The van der Waals surface area contributed by atoms with Crippen LogP contribution in [0.3, 0.4) is 0 Å². The fourth-order valence-electron chi connectivity index (χ4n) is 1.69. The molecular weight excluding hydrogens is 310 g/mol. The van der Waals surface area contributed by atoms with Crippen molar-refractivity contribution in [3.05, 3.63) is 52.3 Å². The molecule has 0 N–H and O–H groups in total. The van der Waals surface area contributed by atoms with Crippen LogP contribution in [0.2, 0.25) is 0 Å². The van der Waals surface area contributed by atoms with Gasteiger partial charge < -0.3 is 9.47 Å². The standard InChI is InChI=1S/C14H12BrNO3/c1-18-11-6-5-9(8-12(11)19-2)13(17)10-4-3-7-16-14(10)15/h3-8H,1-2H3. The van der Waals surface area contributed by atoms with Gasteiger partial charge in [0.25, 0.3) is 0 Å². The number of ketones is 1. The minimum atomic E-state index is -0.124. The van der Waals surface area contributed by atoms with Crippen molar-refractivity contribution in [3.63, 3.8) is 0 Å². The zero-order valence-corrected chi connectivity index (χ0v) is 12.1. The summed E-state index contributed by atoms with van der Waals surface area (Å²) >= 11 is 3.27. The van der Waals surface area contributed by atoms with Gasteiger partial charge in [-0.25, -0.2) is 4.98 Å². The Kier molecular flexibility index (Phi) is 4.16. The van der Waals surface area contributed by atoms with Crippen molar-refractivity contribution in [2.45, 2.75) is 0 Å². The second kappa shape index (κ2) is 5.84. The SMILES string of the molecule is COc1ccc(C(=O)c2cccnc2Br)cc1OC. The zero-order chi connectivity index (χ0) is 13.8. The maximum Gasteiger partial charge on any atom is 0.195 e. The number of hydrogen-bond donors (Lipinski definition) is 0. The summed E-state index contributed by atoms with van der Waals surface area (Å²) < 4.78 is 10.9. The van der Waals surface area contributed by atoms with Crippen molar-refractivity contribution in [2.24, 2.45) is 0 Å². The summed E-state index contributed by atoms with van der Waals surface area (Å²) in [6.45, 7) is 0. The van der Waals surface area contributed by atoms with E-state index in [1.165, 1.54) is 7.11 Å². The average molecular weight is 322 g/mol. The van der Waals surface area contributed by atoms with Gasteiger partial charge in [-0.3, -0.25) is 4.79 Å². The van der Waals surface area contributed by atoms with Crippen LogP contribution in [0.25, 0.3) is 0 Å². The van der Waals surface area contributed by atoms with E-state index in [1.807, 2.05) is 0 Å². The van der Waals surface area contributed by atoms with Gasteiger partial charge in [-0.15, -0.1) is 0 Å². The first-order valence-corrected chi connectivity index (χ1v) is 6.34. The molecule has 0 bridgehead atoms. The van der Waals surface area contributed by atoms with Gasteiger partial charge in [0.05, 0.1) is 19.8 Å². The second-order valence-corrected chi connectivity index (χ2v) is 4.49. The van der Waals surface area contributed by atoms with E-state index in [0.29, 0.717) is 27.2 Å². The molecule has 0 saturated heterocycles. The lowest BCUT2D eigenvalue weighted by atomic mass is 10.0. The molecule has 0 aliphatic carbocycles. The predicted molar refractivity (Wildman–Crippen MR) is 74.9 cm³/mol. The highest BCUT2D eigenvalue weighted by atomic mass is 79.9. The van der Waals surface area contributed by atoms with E-state index in [1.54, 1.807) is 43.6 Å². The second-order valence-electron chi connectivity index (χ2n) is 3.74. The number of hydrogen-bond acceptors (Lipinski definition) is 4. The Bertz CT molecular complexity index is 613. The van der Waals surface area contributed by atoms with Crippen LogP contribution in [0, 0.1) is 0 Å². The highest BCUT2D eigenvalue weighted by molar-refractivity contribution is 9.10. The maximum atomic E-state index is 12.4. The molecule has 0 radical (unpaired) electrons. The molecule has 0 saturated carbocycles. The number of ether oxygens (including phenoxy) is 2. The molecule has 0 amide bonds. The van der Waals surface area contributed by atoms with Crippen LogP contribution in [0.15, 0.2) is 41.1 Å². The number of aromatic nitrogens is 1. The number of carbonyl (C=O) groups is 1. The topological polar surface area (TPSA) is 48.4 Å². The van der Waals surface area contributed by atoms with E-state index >= 15 is 0 Å². The lowest BCUT2D eigenvalue weighted by Crippen LogP contribution is -2.04. The molecule has 98 valence electrons. The van der Waals surface area contributed by atoms with Gasteiger partial charge >= 0.3 is 0 Å². The van der Waals surface area contributed by atoms with Crippen LogP contribution in [0.4, 0.5) is 0 Å². The molecule has 19 heavy (non-hydrogen) atoms. The molecule has 0 atom stereocenters. The highest BCUT2D eigenvalue weighted by Crippen LogP contribution is 2.29. The molecule has 0 spiro atoms. The molecule has 4 nitrogen and oxygen atoms in total. The number of carbonyl (C=O) groups excluding carboxylic acids is 1. The van der Waals surface area contributed by atoms with Gasteiger partial charge in [-0.05, 0) is 46.3 Å². The molecule has 1 aromatic heterocycles. The fourth-order valence-corrected chi connectivity index (χ4v) is 2.12. The van der Waals surface area contributed by atoms with E-state index in [9.17, 15) is 4.79 Å². The molecule has 2 aromatic rings. The summed E-state index contributed by atoms with van der Waals surface area (Å²) in [5, 5.41) is 0. The van der Waals surface area contributed by atoms with Crippen molar-refractivity contribution < 1.29 is 14.3 Å². The van der Waals surface area contributed by atoms with Crippen LogP contribution >= 0.6 is 15.9 Å². The van der Waals surface area contributed by atoms with Gasteiger partial charge in [0.1, 0.15) is 4.60 Å². The minimum Gasteiger partial charge on any atom is -0.493 e. The first-order valence-electron chi connectivity index (χ1n) is 5.54. The average Bonchev–Trinajstić information content (AvgIpc) is 2.46. The Morgan fingerprint density at radius 1 is 1.16 bits per heavy atom. The van der Waals surface area contributed by atoms with E-state index in [4.69, 9.17) is 9.47 Å². The minimum absolute atomic E-state index is 0.124. The van der Waals surface area contributed by atoms with Crippen molar-refractivity contribution in [1.29, 1.82) is 0 Å². The molecule has 5 heteroatoms. The Hall–Kier alpha value is -1.88. The van der Waals surface area contributed by atoms with Crippen LogP contribution in [-0.2, 0) is 0 Å². The smallest absolute Gasteiger partial charge is 0.195 e. The van der Waals surface area contributed by atoms with Crippen molar-refractivity contribution >= 4 is 21.7 Å². The van der Waals surface area contributed by atoms with E-state index in [2.05, 4.69) is 20.9 Å². The largest absolute Gasteiger partial charge is 0.493 e. The number of pyridine rings is 1. The Balaban J connectivity index is 2.42. The fraction of sp³-hybridized carbons (Fsp3) is 0.143. The Labute approximate surface area is 119 Å². The summed E-state index contributed by atoms with van der Waals surface area (Å²) in [7, 11) is 3.09. The van der Waals surface area contributed by atoms with Gasteiger partial charge in [0, 0.05) is 11.8 Å². The van der Waals surface area contributed by atoms with Crippen LogP contribution < -0.4 is 9.47 Å². The van der Waals surface area contributed by atoms with Gasteiger partial charge in [-0.1, -0.05) is 0 Å². The van der Waals surface area contributed by atoms with Gasteiger partial charge in [-0.2, -0.15) is 0 Å². The highest BCUT2D eigenvalue weighted by Gasteiger charge is 2.15. The van der Waals surface area contributed by atoms with Crippen LogP contribution in [-0.4, -0.2) is 25.0 Å². The third-order valence-corrected chi connectivity index (χ3v) is 3.28. The number of benzene rings is 1. The Morgan fingerprint density at radius 2 is 1.89 bits per heavy atom. The van der Waals surface area contributed by atoms with Gasteiger partial charge in [0.15, 0.2) is 17.3 Å². The first-order chi connectivity index (χ1) is 9.17. The molecule has 2 rings (SSSR count). The normalized spacial score (nSPS) is 10.1. The molecule has 0 aliphatic heterocycles. The summed E-state index contributed by atoms with van der Waals surface area (Å²) in [4.78, 5) is 16.4. The first kappa shape index (κ1) is 13.5. The number of nitrogens with zero attached hydrogens (tertiary/aromatic N) is 1. The number of methoxy groups -OCH3 is 2. The maximum absolute atomic E-state index is 12.4. The Morgan fingerprint density at radius 3 is 2.53 bits per heavy atom. The number of rotatable bonds is 4. The van der Waals surface area contributed by atoms with Crippen LogP contribution in [0.5, 0.6) is 11.5 Å². The van der Waals surface area contributed by atoms with Crippen molar-refractivity contribution in [3.8, 4) is 11.5 Å². The van der Waals surface area contributed by atoms with E-state index in [0.717, 1.165) is 0 Å². The zero-order valence-electron chi connectivity index (χ0n) is 10.5. The quantitative estimate of drug-likeness (QED) is 0.641. The summed E-state index contributed by atoms with van der Waals surface area (Å²) in [5.41, 5.74) is 1.03. The molecule has 0 fully saturated rings. The predicted octanol–water partition coefficient (Wildman–Crippen LogP) is 3.09. The number of halogens is 1. The lowest BCUT2D eigenvalue weighted by Gasteiger charge is -2.09. The van der Waals surface area contributed by atoms with Crippen molar-refractivity contribution in [2.75, 3.05) is 14.2 Å². The molecule has 1 aromatic carbocycles. The molecule has 0 unspecified atom stereocenters. The van der Waals surface area contributed by atoms with Crippen LogP contribution in [0.1, 0.15) is 15.9 Å². The summed E-state index contributed by atoms with van der Waals surface area (Å²) in [6.07, 6.45) is 1.62. The van der Waals surface area contributed by atoms with E-state index in [-0.39, 0.29) is 5.78 Å². The summed E-state index contributed by atoms with van der Waals surface area (Å²) in [5.74, 6) is 0.985. The van der Waals surface area contributed by atoms with Crippen molar-refractivity contribution in [1.82, 2.24) is 4.98 Å². The summed E-state index contributed by atoms with van der Waals surface area (Å²) in [6, 6.07) is 8.49. The third-order valence-electron chi connectivity index (χ3n) is 2.65. The van der Waals surface area contributed by atoms with E-state index < -0.39 is 0 Å². The molecule has 1 heterocycles. The lowest BCUT2D eigenvalue weighted by molar-refractivity contribution is 0.103. The molecular formula is C14H12BrNO3. The van der Waals surface area contributed by atoms with Gasteiger partial charge in [0.2, 0.25) is 0 Å².